The molecule has 0 aliphatic heterocycles. The van der Waals surface area contributed by atoms with Crippen molar-refractivity contribution in [3.63, 3.8) is 0 Å². The van der Waals surface area contributed by atoms with Crippen molar-refractivity contribution in [1.82, 2.24) is 5.43 Å². The lowest BCUT2D eigenvalue weighted by Crippen LogP contribution is -2.19. The smallest absolute Gasteiger partial charge is 0.270 e. The number of non-ortho nitro benzene ring substituents is 1. The lowest BCUT2D eigenvalue weighted by atomic mass is 10.1. The third-order valence-corrected chi connectivity index (χ3v) is 3.45. The molecule has 124 valence electrons. The summed E-state index contributed by atoms with van der Waals surface area (Å²) in [6.07, 6.45) is 1.41. The molecule has 0 bridgehead atoms. The topological polar surface area (TPSA) is 93.8 Å². The lowest BCUT2D eigenvalue weighted by Gasteiger charge is -2.03. The highest BCUT2D eigenvalue weighted by atomic mass is 35.5. The molecule has 0 fully saturated rings. The number of carbonyl (C=O) groups excluding carboxylic acids is 1. The first-order valence-electron chi connectivity index (χ1n) is 6.88. The summed E-state index contributed by atoms with van der Waals surface area (Å²) in [4.78, 5) is 22.0. The van der Waals surface area contributed by atoms with Gasteiger partial charge < -0.3 is 4.74 Å². The van der Waals surface area contributed by atoms with Gasteiger partial charge in [-0.05, 0) is 23.8 Å². The van der Waals surface area contributed by atoms with Crippen LogP contribution >= 0.6 is 11.6 Å². The molecule has 7 nitrogen and oxygen atoms in total. The molecule has 0 aliphatic rings. The van der Waals surface area contributed by atoms with Crippen molar-refractivity contribution >= 4 is 29.4 Å². The van der Waals surface area contributed by atoms with Gasteiger partial charge in [-0.2, -0.15) is 5.10 Å². The molecule has 0 radical (unpaired) electrons. The van der Waals surface area contributed by atoms with E-state index >= 15 is 0 Å². The van der Waals surface area contributed by atoms with Gasteiger partial charge in [-0.25, -0.2) is 5.43 Å². The molecule has 2 rings (SSSR count). The fourth-order valence-corrected chi connectivity index (χ4v) is 2.05. The predicted molar refractivity (Wildman–Crippen MR) is 90.5 cm³/mol. The highest BCUT2D eigenvalue weighted by Crippen LogP contribution is 2.20. The van der Waals surface area contributed by atoms with Gasteiger partial charge in [0.2, 0.25) is 5.91 Å². The monoisotopic (exact) mass is 347 g/mol. The Morgan fingerprint density at radius 2 is 2.04 bits per heavy atom. The number of hydrazone groups is 1. The Kier molecular flexibility index (Phi) is 5.86. The highest BCUT2D eigenvalue weighted by Gasteiger charge is 2.08. The van der Waals surface area contributed by atoms with Gasteiger partial charge >= 0.3 is 0 Å². The third-order valence-electron chi connectivity index (χ3n) is 3.11. The summed E-state index contributed by atoms with van der Waals surface area (Å²) in [5.41, 5.74) is 3.39. The van der Waals surface area contributed by atoms with Crippen molar-refractivity contribution in [3.05, 3.63) is 68.7 Å². The minimum atomic E-state index is -0.532. The number of rotatable bonds is 6. The van der Waals surface area contributed by atoms with E-state index in [0.29, 0.717) is 16.3 Å². The van der Waals surface area contributed by atoms with E-state index in [4.69, 9.17) is 16.3 Å². The zero-order valence-electron chi connectivity index (χ0n) is 12.7. The van der Waals surface area contributed by atoms with E-state index in [2.05, 4.69) is 10.5 Å². The van der Waals surface area contributed by atoms with E-state index in [1.807, 2.05) is 0 Å². The molecule has 8 heteroatoms. The quantitative estimate of drug-likeness (QED) is 0.494. The van der Waals surface area contributed by atoms with Gasteiger partial charge in [-0.15, -0.1) is 0 Å². The molecule has 24 heavy (non-hydrogen) atoms. The van der Waals surface area contributed by atoms with Gasteiger partial charge in [-0.1, -0.05) is 23.7 Å². The van der Waals surface area contributed by atoms with Crippen LogP contribution in [-0.4, -0.2) is 24.2 Å². The lowest BCUT2D eigenvalue weighted by molar-refractivity contribution is -0.384. The summed E-state index contributed by atoms with van der Waals surface area (Å²) in [7, 11) is 1.56. The molecule has 2 aromatic carbocycles. The molecule has 0 aliphatic carbocycles. The van der Waals surface area contributed by atoms with Gasteiger partial charge in [0.15, 0.2) is 0 Å². The number of nitrogens with zero attached hydrogens (tertiary/aromatic N) is 2. The molecule has 0 heterocycles. The number of nitrogens with one attached hydrogen (secondary N) is 1. The zero-order valence-corrected chi connectivity index (χ0v) is 13.5. The highest BCUT2D eigenvalue weighted by molar-refractivity contribution is 6.33. The van der Waals surface area contributed by atoms with Crippen LogP contribution in [-0.2, 0) is 11.2 Å². The summed E-state index contributed by atoms with van der Waals surface area (Å²) in [6.45, 7) is 0. The first-order valence-corrected chi connectivity index (χ1v) is 7.26. The number of nitro groups is 1. The van der Waals surface area contributed by atoms with E-state index in [9.17, 15) is 14.9 Å². The number of halogens is 1. The molecule has 0 aromatic heterocycles. The maximum absolute atomic E-state index is 11.8. The molecule has 0 atom stereocenters. The molecule has 0 spiro atoms. The summed E-state index contributed by atoms with van der Waals surface area (Å²) >= 11 is 5.94. The fraction of sp³-hybridized carbons (Fsp3) is 0.125. The van der Waals surface area contributed by atoms with Gasteiger partial charge in [0.05, 0.1) is 24.7 Å². The molecular formula is C16H14ClN3O4. The maximum Gasteiger partial charge on any atom is 0.270 e. The Morgan fingerprint density at radius 3 is 2.67 bits per heavy atom. The Bertz CT molecular complexity index is 775. The van der Waals surface area contributed by atoms with Crippen molar-refractivity contribution in [2.45, 2.75) is 6.42 Å². The van der Waals surface area contributed by atoms with Crippen molar-refractivity contribution in [2.75, 3.05) is 7.11 Å². The van der Waals surface area contributed by atoms with Crippen molar-refractivity contribution < 1.29 is 14.5 Å². The van der Waals surface area contributed by atoms with Gasteiger partial charge in [0.1, 0.15) is 5.75 Å². The van der Waals surface area contributed by atoms with E-state index in [1.165, 1.54) is 24.4 Å². The summed E-state index contributed by atoms with van der Waals surface area (Å²) in [6, 6.07) is 11.0. The second-order valence-electron chi connectivity index (χ2n) is 4.78. The zero-order chi connectivity index (χ0) is 17.5. The first-order chi connectivity index (χ1) is 11.5. The Hall–Kier alpha value is -2.93. The third kappa shape index (κ3) is 4.79. The normalized spacial score (nSPS) is 10.6. The van der Waals surface area contributed by atoms with Crippen molar-refractivity contribution in [3.8, 4) is 5.75 Å². The molecular weight excluding hydrogens is 334 g/mol. The SMILES string of the molecule is COc1ccc(CC(=O)NN=Cc2cc([N+](=O)[O-])ccc2Cl)cc1. The van der Waals surface area contributed by atoms with Gasteiger partial charge in [0, 0.05) is 22.7 Å². The average molecular weight is 348 g/mol. The second-order valence-corrected chi connectivity index (χ2v) is 5.19. The summed E-state index contributed by atoms with van der Waals surface area (Å²) in [5.74, 6) is 0.385. The van der Waals surface area contributed by atoms with Crippen LogP contribution in [0.25, 0.3) is 0 Å². The number of hydrogen-bond acceptors (Lipinski definition) is 5. The fourth-order valence-electron chi connectivity index (χ4n) is 1.89. The molecule has 0 saturated heterocycles. The molecule has 2 aromatic rings. The van der Waals surface area contributed by atoms with E-state index in [0.717, 1.165) is 5.56 Å². The minimum absolute atomic E-state index is 0.106. The molecule has 0 saturated carbocycles. The van der Waals surface area contributed by atoms with Crippen LogP contribution in [0.2, 0.25) is 5.02 Å². The van der Waals surface area contributed by atoms with Crippen LogP contribution in [0, 0.1) is 10.1 Å². The summed E-state index contributed by atoms with van der Waals surface area (Å²) < 4.78 is 5.04. The van der Waals surface area contributed by atoms with E-state index < -0.39 is 4.92 Å². The Morgan fingerprint density at radius 1 is 1.33 bits per heavy atom. The predicted octanol–water partition coefficient (Wildman–Crippen LogP) is 2.95. The largest absolute Gasteiger partial charge is 0.497 e. The van der Waals surface area contributed by atoms with Gasteiger partial charge in [-0.3, -0.25) is 14.9 Å². The van der Waals surface area contributed by atoms with Crippen LogP contribution in [0.1, 0.15) is 11.1 Å². The molecule has 1 N–H and O–H groups in total. The van der Waals surface area contributed by atoms with Crippen LogP contribution in [0.15, 0.2) is 47.6 Å². The average Bonchev–Trinajstić information content (AvgIpc) is 2.57. The molecule has 0 unspecified atom stereocenters. The number of nitro benzene ring substituents is 1. The standard InChI is InChI=1S/C16H14ClN3O4/c1-24-14-5-2-11(3-6-14)8-16(21)19-18-10-12-9-13(20(22)23)4-7-15(12)17/h2-7,9-10H,8H2,1H3,(H,19,21). The van der Waals surface area contributed by atoms with E-state index in [-0.39, 0.29) is 18.0 Å². The first kappa shape index (κ1) is 17.4. The number of benzene rings is 2. The minimum Gasteiger partial charge on any atom is -0.497 e. The van der Waals surface area contributed by atoms with Crippen molar-refractivity contribution in [1.29, 1.82) is 0 Å². The summed E-state index contributed by atoms with van der Waals surface area (Å²) in [5, 5.41) is 14.8. The Labute approximate surface area is 143 Å². The number of ether oxygens (including phenoxy) is 1. The number of methoxy groups -OCH3 is 1. The van der Waals surface area contributed by atoms with Crippen LogP contribution in [0.4, 0.5) is 5.69 Å². The molecule has 1 amide bonds. The maximum atomic E-state index is 11.8. The van der Waals surface area contributed by atoms with Crippen LogP contribution in [0.3, 0.4) is 0 Å². The Balaban J connectivity index is 1.96. The van der Waals surface area contributed by atoms with Crippen molar-refractivity contribution in [2.24, 2.45) is 5.10 Å². The number of hydrogen-bond donors (Lipinski definition) is 1. The van der Waals surface area contributed by atoms with Crippen LogP contribution < -0.4 is 10.2 Å². The number of carbonyl (C=O) groups is 1. The number of amides is 1. The van der Waals surface area contributed by atoms with E-state index in [1.54, 1.807) is 31.4 Å². The second kappa shape index (κ2) is 8.07. The van der Waals surface area contributed by atoms with Gasteiger partial charge in [0.25, 0.3) is 5.69 Å². The van der Waals surface area contributed by atoms with Crippen LogP contribution in [0.5, 0.6) is 5.75 Å².